The van der Waals surface area contributed by atoms with Crippen molar-refractivity contribution >= 4 is 0 Å². The summed E-state index contributed by atoms with van der Waals surface area (Å²) < 4.78 is 17.5. The minimum Gasteiger partial charge on any atom is -0.493 e. The third kappa shape index (κ3) is 5.41. The zero-order chi connectivity index (χ0) is 14.2. The molecule has 1 fully saturated rings. The molecular weight excluding hydrogens is 253 g/mol. The number of nitrogens with two attached hydrogens (primary N) is 1. The lowest BCUT2D eigenvalue weighted by atomic mass is 10.2. The topological polar surface area (TPSA) is 35.2 Å². The van der Waals surface area contributed by atoms with E-state index >= 15 is 0 Å². The standard InChI is InChI=1S/C11H15NO.C6H5F/c12-7-10-2-1-3-11(6-10)13-8-9-4-5-9;7-6-4-2-1-3-5-6/h1-3,6,9H,4-5,7-8,12H2;1-5H. The highest BCUT2D eigenvalue weighted by Crippen LogP contribution is 2.29. The predicted molar refractivity (Wildman–Crippen MR) is 79.0 cm³/mol. The first kappa shape index (κ1) is 14.5. The van der Waals surface area contributed by atoms with E-state index in [1.807, 2.05) is 24.3 Å². The molecule has 0 spiro atoms. The molecule has 2 aromatic rings. The zero-order valence-corrected chi connectivity index (χ0v) is 11.5. The molecule has 0 atom stereocenters. The van der Waals surface area contributed by atoms with Crippen molar-refractivity contribution in [2.45, 2.75) is 19.4 Å². The van der Waals surface area contributed by atoms with Crippen LogP contribution >= 0.6 is 0 Å². The van der Waals surface area contributed by atoms with Crippen LogP contribution in [0.5, 0.6) is 5.75 Å². The van der Waals surface area contributed by atoms with E-state index in [0.717, 1.165) is 23.8 Å². The summed E-state index contributed by atoms with van der Waals surface area (Å²) in [5.74, 6) is 1.58. The first-order chi connectivity index (χ1) is 9.78. The molecule has 0 aromatic heterocycles. The fourth-order valence-corrected chi connectivity index (χ4v) is 1.68. The molecule has 1 aliphatic rings. The molecule has 3 heteroatoms. The molecule has 2 N–H and O–H groups in total. The molecule has 1 aliphatic carbocycles. The number of hydrogen-bond acceptors (Lipinski definition) is 2. The maximum absolute atomic E-state index is 11.9. The minimum absolute atomic E-state index is 0.178. The van der Waals surface area contributed by atoms with Gasteiger partial charge in [-0.25, -0.2) is 4.39 Å². The van der Waals surface area contributed by atoms with Gasteiger partial charge in [0.2, 0.25) is 0 Å². The van der Waals surface area contributed by atoms with E-state index in [0.29, 0.717) is 6.54 Å². The molecule has 106 valence electrons. The number of hydrogen-bond donors (Lipinski definition) is 1. The Morgan fingerprint density at radius 3 is 2.35 bits per heavy atom. The average Bonchev–Trinajstić information content (AvgIpc) is 3.31. The first-order valence-corrected chi connectivity index (χ1v) is 6.90. The Labute approximate surface area is 119 Å². The van der Waals surface area contributed by atoms with Gasteiger partial charge in [0.1, 0.15) is 11.6 Å². The van der Waals surface area contributed by atoms with Crippen LogP contribution in [0, 0.1) is 11.7 Å². The molecule has 0 radical (unpaired) electrons. The summed E-state index contributed by atoms with van der Waals surface area (Å²) in [7, 11) is 0. The van der Waals surface area contributed by atoms with E-state index in [-0.39, 0.29) is 5.82 Å². The molecule has 3 rings (SSSR count). The second-order valence-electron chi connectivity index (χ2n) is 4.90. The van der Waals surface area contributed by atoms with E-state index in [1.54, 1.807) is 18.2 Å². The largest absolute Gasteiger partial charge is 0.493 e. The van der Waals surface area contributed by atoms with Crippen LogP contribution in [0.2, 0.25) is 0 Å². The molecule has 0 heterocycles. The summed E-state index contributed by atoms with van der Waals surface area (Å²) in [4.78, 5) is 0. The van der Waals surface area contributed by atoms with Crippen LogP contribution in [-0.4, -0.2) is 6.61 Å². The highest BCUT2D eigenvalue weighted by atomic mass is 19.1. The van der Waals surface area contributed by atoms with Crippen molar-refractivity contribution in [2.75, 3.05) is 6.61 Å². The van der Waals surface area contributed by atoms with E-state index in [2.05, 4.69) is 0 Å². The Morgan fingerprint density at radius 2 is 1.80 bits per heavy atom. The van der Waals surface area contributed by atoms with Crippen molar-refractivity contribution < 1.29 is 9.13 Å². The van der Waals surface area contributed by atoms with Crippen LogP contribution in [0.25, 0.3) is 0 Å². The van der Waals surface area contributed by atoms with Crippen LogP contribution in [-0.2, 0) is 6.54 Å². The number of ether oxygens (including phenoxy) is 1. The SMILES string of the molecule is Fc1ccccc1.NCc1cccc(OCC2CC2)c1. The highest BCUT2D eigenvalue weighted by molar-refractivity contribution is 5.28. The van der Waals surface area contributed by atoms with Crippen LogP contribution in [0.15, 0.2) is 54.6 Å². The van der Waals surface area contributed by atoms with Gasteiger partial charge in [-0.05, 0) is 48.6 Å². The fraction of sp³-hybridized carbons (Fsp3) is 0.294. The molecule has 20 heavy (non-hydrogen) atoms. The second-order valence-corrected chi connectivity index (χ2v) is 4.90. The van der Waals surface area contributed by atoms with Crippen molar-refractivity contribution in [3.05, 3.63) is 66.0 Å². The van der Waals surface area contributed by atoms with Crippen molar-refractivity contribution in [3.63, 3.8) is 0 Å². The summed E-state index contributed by atoms with van der Waals surface area (Å²) in [6.07, 6.45) is 2.66. The van der Waals surface area contributed by atoms with E-state index < -0.39 is 0 Å². The van der Waals surface area contributed by atoms with Gasteiger partial charge >= 0.3 is 0 Å². The number of halogens is 1. The van der Waals surface area contributed by atoms with Crippen molar-refractivity contribution in [1.82, 2.24) is 0 Å². The zero-order valence-electron chi connectivity index (χ0n) is 11.5. The first-order valence-electron chi connectivity index (χ1n) is 6.90. The van der Waals surface area contributed by atoms with Gasteiger partial charge in [-0.15, -0.1) is 0 Å². The predicted octanol–water partition coefficient (Wildman–Crippen LogP) is 3.76. The summed E-state index contributed by atoms with van der Waals surface area (Å²) in [6, 6.07) is 16.0. The Kier molecular flexibility index (Phi) is 5.56. The molecule has 0 bridgehead atoms. The normalized spacial score (nSPS) is 13.3. The van der Waals surface area contributed by atoms with Crippen LogP contribution < -0.4 is 10.5 Å². The summed E-state index contributed by atoms with van der Waals surface area (Å²) in [6.45, 7) is 1.45. The van der Waals surface area contributed by atoms with Gasteiger partial charge in [0.25, 0.3) is 0 Å². The van der Waals surface area contributed by atoms with Gasteiger partial charge in [-0.1, -0.05) is 30.3 Å². The van der Waals surface area contributed by atoms with Gasteiger partial charge < -0.3 is 10.5 Å². The third-order valence-corrected chi connectivity index (χ3v) is 3.05. The summed E-state index contributed by atoms with van der Waals surface area (Å²) in [5, 5.41) is 0. The third-order valence-electron chi connectivity index (χ3n) is 3.05. The molecule has 0 unspecified atom stereocenters. The molecule has 0 amide bonds. The minimum atomic E-state index is -0.178. The monoisotopic (exact) mass is 273 g/mol. The van der Waals surface area contributed by atoms with Crippen LogP contribution in [0.4, 0.5) is 4.39 Å². The van der Waals surface area contributed by atoms with Crippen LogP contribution in [0.3, 0.4) is 0 Å². The van der Waals surface area contributed by atoms with E-state index in [9.17, 15) is 4.39 Å². The van der Waals surface area contributed by atoms with Gasteiger partial charge in [0.15, 0.2) is 0 Å². The van der Waals surface area contributed by atoms with Gasteiger partial charge in [0, 0.05) is 6.54 Å². The van der Waals surface area contributed by atoms with Crippen molar-refractivity contribution in [2.24, 2.45) is 11.7 Å². The van der Waals surface area contributed by atoms with Gasteiger partial charge in [0.05, 0.1) is 6.61 Å². The van der Waals surface area contributed by atoms with E-state index in [4.69, 9.17) is 10.5 Å². The average molecular weight is 273 g/mol. The highest BCUT2D eigenvalue weighted by Gasteiger charge is 2.21. The second kappa shape index (κ2) is 7.65. The number of rotatable bonds is 4. The molecular formula is C17H20FNO. The fourth-order valence-electron chi connectivity index (χ4n) is 1.68. The lowest BCUT2D eigenvalue weighted by Crippen LogP contribution is -2.00. The lowest BCUT2D eigenvalue weighted by molar-refractivity contribution is 0.299. The maximum Gasteiger partial charge on any atom is 0.123 e. The molecule has 1 saturated carbocycles. The van der Waals surface area contributed by atoms with Crippen LogP contribution in [0.1, 0.15) is 18.4 Å². The molecule has 0 saturated heterocycles. The Balaban J connectivity index is 0.000000178. The molecule has 0 aliphatic heterocycles. The van der Waals surface area contributed by atoms with Crippen molar-refractivity contribution in [3.8, 4) is 5.75 Å². The van der Waals surface area contributed by atoms with Gasteiger partial charge in [-0.3, -0.25) is 0 Å². The Hall–Kier alpha value is -1.87. The Bertz CT molecular complexity index is 511. The molecule has 2 aromatic carbocycles. The number of benzene rings is 2. The Morgan fingerprint density at radius 1 is 1.05 bits per heavy atom. The summed E-state index contributed by atoms with van der Waals surface area (Å²) in [5.41, 5.74) is 6.66. The summed E-state index contributed by atoms with van der Waals surface area (Å²) >= 11 is 0. The quantitative estimate of drug-likeness (QED) is 0.920. The molecule has 2 nitrogen and oxygen atoms in total. The van der Waals surface area contributed by atoms with Gasteiger partial charge in [-0.2, -0.15) is 0 Å². The maximum atomic E-state index is 11.9. The van der Waals surface area contributed by atoms with E-state index in [1.165, 1.54) is 25.0 Å². The lowest BCUT2D eigenvalue weighted by Gasteiger charge is -2.05. The smallest absolute Gasteiger partial charge is 0.123 e. The van der Waals surface area contributed by atoms with Crippen molar-refractivity contribution in [1.29, 1.82) is 0 Å².